The van der Waals surface area contributed by atoms with Gasteiger partial charge in [0, 0.05) is 12.1 Å². The predicted molar refractivity (Wildman–Crippen MR) is 97.1 cm³/mol. The Balaban J connectivity index is 0.00000288. The molecule has 6 heteroatoms. The summed E-state index contributed by atoms with van der Waals surface area (Å²) >= 11 is 0. The number of nitrogens with zero attached hydrogens (tertiary/aromatic N) is 1. The van der Waals surface area contributed by atoms with Gasteiger partial charge in [0.05, 0.1) is 12.6 Å². The second-order valence-electron chi connectivity index (χ2n) is 5.60. The lowest BCUT2D eigenvalue weighted by Gasteiger charge is -2.22. The number of nitrogens with one attached hydrogen (secondary N) is 1. The minimum atomic E-state index is -0.108. The molecule has 1 N–H and O–H groups in total. The van der Waals surface area contributed by atoms with E-state index in [0.29, 0.717) is 18.7 Å². The largest absolute Gasteiger partial charge is 0.494 e. The molecule has 1 unspecified atom stereocenters. The SMILES string of the molecule is CCOc1ccc(C(=O)NCC(c2ccc(C)o2)N(C)C)cc1.Cl. The summed E-state index contributed by atoms with van der Waals surface area (Å²) in [4.78, 5) is 14.3. The van der Waals surface area contributed by atoms with Gasteiger partial charge in [-0.1, -0.05) is 0 Å². The highest BCUT2D eigenvalue weighted by Crippen LogP contribution is 2.20. The number of amides is 1. The van der Waals surface area contributed by atoms with Gasteiger partial charge < -0.3 is 14.5 Å². The van der Waals surface area contributed by atoms with Gasteiger partial charge in [0.15, 0.2) is 0 Å². The Morgan fingerprint density at radius 1 is 1.21 bits per heavy atom. The van der Waals surface area contributed by atoms with Crippen LogP contribution in [-0.2, 0) is 0 Å². The average Bonchev–Trinajstić information content (AvgIpc) is 2.94. The lowest BCUT2D eigenvalue weighted by molar-refractivity contribution is 0.0939. The lowest BCUT2D eigenvalue weighted by atomic mass is 10.1. The first kappa shape index (κ1) is 20.1. The molecule has 1 aromatic heterocycles. The Bertz CT molecular complexity index is 638. The van der Waals surface area contributed by atoms with Crippen molar-refractivity contribution in [2.75, 3.05) is 27.2 Å². The summed E-state index contributed by atoms with van der Waals surface area (Å²) < 4.78 is 11.1. The monoisotopic (exact) mass is 352 g/mol. The Morgan fingerprint density at radius 2 is 1.88 bits per heavy atom. The quantitative estimate of drug-likeness (QED) is 0.829. The molecule has 132 valence electrons. The van der Waals surface area contributed by atoms with Crippen molar-refractivity contribution < 1.29 is 13.9 Å². The fourth-order valence-corrected chi connectivity index (χ4v) is 2.33. The molecule has 5 nitrogen and oxygen atoms in total. The van der Waals surface area contributed by atoms with Gasteiger partial charge in [-0.3, -0.25) is 9.69 Å². The smallest absolute Gasteiger partial charge is 0.251 e. The first-order valence-corrected chi connectivity index (χ1v) is 7.75. The van der Waals surface area contributed by atoms with Crippen LogP contribution in [0.1, 0.15) is 34.8 Å². The van der Waals surface area contributed by atoms with Crippen molar-refractivity contribution in [2.45, 2.75) is 19.9 Å². The van der Waals surface area contributed by atoms with Crippen LogP contribution in [0.5, 0.6) is 5.75 Å². The second kappa shape index (κ2) is 9.35. The van der Waals surface area contributed by atoms with Crippen LogP contribution in [0, 0.1) is 6.92 Å². The van der Waals surface area contributed by atoms with Gasteiger partial charge in [0.25, 0.3) is 5.91 Å². The van der Waals surface area contributed by atoms with E-state index in [1.165, 1.54) is 0 Å². The first-order valence-electron chi connectivity index (χ1n) is 7.75. The molecule has 0 bridgehead atoms. The molecule has 0 saturated heterocycles. The molecule has 1 atom stereocenters. The van der Waals surface area contributed by atoms with E-state index in [4.69, 9.17) is 9.15 Å². The van der Waals surface area contributed by atoms with E-state index in [1.807, 2.05) is 45.0 Å². The van der Waals surface area contributed by atoms with E-state index in [9.17, 15) is 4.79 Å². The molecule has 0 radical (unpaired) electrons. The topological polar surface area (TPSA) is 54.7 Å². The van der Waals surface area contributed by atoms with Crippen LogP contribution in [0.25, 0.3) is 0 Å². The van der Waals surface area contributed by atoms with Gasteiger partial charge in [-0.05, 0) is 64.3 Å². The molecule has 0 aliphatic rings. The Morgan fingerprint density at radius 3 is 2.38 bits per heavy atom. The Labute approximate surface area is 149 Å². The summed E-state index contributed by atoms with van der Waals surface area (Å²) in [5, 5.41) is 2.96. The predicted octanol–water partition coefficient (Wildman–Crippen LogP) is 3.44. The summed E-state index contributed by atoms with van der Waals surface area (Å²) in [6.45, 7) is 4.93. The van der Waals surface area contributed by atoms with Crippen LogP contribution < -0.4 is 10.1 Å². The maximum atomic E-state index is 12.3. The Hall–Kier alpha value is -1.98. The summed E-state index contributed by atoms with van der Waals surface area (Å²) in [5.41, 5.74) is 0.613. The number of carbonyl (C=O) groups excluding carboxylic acids is 1. The molecule has 1 heterocycles. The van der Waals surface area contributed by atoms with Gasteiger partial charge in [-0.25, -0.2) is 0 Å². The van der Waals surface area contributed by atoms with Crippen LogP contribution in [-0.4, -0.2) is 38.1 Å². The number of aryl methyl sites for hydroxylation is 1. The average molecular weight is 353 g/mol. The number of benzene rings is 1. The molecule has 0 aliphatic heterocycles. The van der Waals surface area contributed by atoms with Gasteiger partial charge in [0.2, 0.25) is 0 Å². The molecule has 0 saturated carbocycles. The maximum Gasteiger partial charge on any atom is 0.251 e. The van der Waals surface area contributed by atoms with Crippen molar-refractivity contribution in [1.29, 1.82) is 0 Å². The molecule has 0 fully saturated rings. The number of likely N-dealkylation sites (N-methyl/N-ethyl adjacent to an activating group) is 1. The van der Waals surface area contributed by atoms with Crippen molar-refractivity contribution in [2.24, 2.45) is 0 Å². The van der Waals surface area contributed by atoms with E-state index in [-0.39, 0.29) is 24.4 Å². The third-order valence-corrected chi connectivity index (χ3v) is 3.60. The van der Waals surface area contributed by atoms with Gasteiger partial charge in [-0.15, -0.1) is 12.4 Å². The van der Waals surface area contributed by atoms with Crippen molar-refractivity contribution in [3.8, 4) is 5.75 Å². The van der Waals surface area contributed by atoms with Crippen LogP contribution >= 0.6 is 12.4 Å². The van der Waals surface area contributed by atoms with Crippen LogP contribution in [0.15, 0.2) is 40.8 Å². The fraction of sp³-hybridized carbons (Fsp3) is 0.389. The molecule has 24 heavy (non-hydrogen) atoms. The highest BCUT2D eigenvalue weighted by molar-refractivity contribution is 5.94. The number of halogens is 1. The number of hydrogen-bond acceptors (Lipinski definition) is 4. The van der Waals surface area contributed by atoms with E-state index in [0.717, 1.165) is 17.3 Å². The summed E-state index contributed by atoms with van der Waals surface area (Å²) in [5.74, 6) is 2.37. The number of carbonyl (C=O) groups is 1. The number of hydrogen-bond donors (Lipinski definition) is 1. The molecule has 0 spiro atoms. The highest BCUT2D eigenvalue weighted by atomic mass is 35.5. The lowest BCUT2D eigenvalue weighted by Crippen LogP contribution is -2.34. The van der Waals surface area contributed by atoms with Crippen LogP contribution in [0.3, 0.4) is 0 Å². The van der Waals surface area contributed by atoms with Crippen molar-refractivity contribution in [3.63, 3.8) is 0 Å². The summed E-state index contributed by atoms with van der Waals surface area (Å²) in [6, 6.07) is 11.0. The molecular weight excluding hydrogens is 328 g/mol. The van der Waals surface area contributed by atoms with Crippen molar-refractivity contribution >= 4 is 18.3 Å². The summed E-state index contributed by atoms with van der Waals surface area (Å²) in [6.07, 6.45) is 0. The number of furan rings is 1. The fourth-order valence-electron chi connectivity index (χ4n) is 2.33. The van der Waals surface area contributed by atoms with Crippen LogP contribution in [0.2, 0.25) is 0 Å². The maximum absolute atomic E-state index is 12.3. The Kier molecular flexibility index (Phi) is 7.82. The first-order chi connectivity index (χ1) is 11.0. The van der Waals surface area contributed by atoms with Gasteiger partial charge in [0.1, 0.15) is 17.3 Å². The number of ether oxygens (including phenoxy) is 1. The zero-order chi connectivity index (χ0) is 16.8. The van der Waals surface area contributed by atoms with E-state index in [1.54, 1.807) is 24.3 Å². The van der Waals surface area contributed by atoms with E-state index >= 15 is 0 Å². The number of rotatable bonds is 7. The van der Waals surface area contributed by atoms with Gasteiger partial charge in [-0.2, -0.15) is 0 Å². The van der Waals surface area contributed by atoms with E-state index in [2.05, 4.69) is 5.32 Å². The summed E-state index contributed by atoms with van der Waals surface area (Å²) in [7, 11) is 3.93. The second-order valence-corrected chi connectivity index (χ2v) is 5.60. The molecule has 2 aromatic rings. The molecule has 2 rings (SSSR count). The van der Waals surface area contributed by atoms with Crippen molar-refractivity contribution in [1.82, 2.24) is 10.2 Å². The van der Waals surface area contributed by atoms with Gasteiger partial charge >= 0.3 is 0 Å². The minimum absolute atomic E-state index is 0. The standard InChI is InChI=1S/C18H24N2O3.ClH/c1-5-22-15-9-7-14(8-10-15)18(21)19-12-16(20(3)4)17-11-6-13(2)23-17;/h6-11,16H,5,12H2,1-4H3,(H,19,21);1H. The normalized spacial score (nSPS) is 11.7. The third kappa shape index (κ3) is 5.28. The van der Waals surface area contributed by atoms with Crippen LogP contribution in [0.4, 0.5) is 0 Å². The molecule has 0 aliphatic carbocycles. The van der Waals surface area contributed by atoms with Crippen molar-refractivity contribution in [3.05, 3.63) is 53.5 Å². The third-order valence-electron chi connectivity index (χ3n) is 3.60. The highest BCUT2D eigenvalue weighted by Gasteiger charge is 2.19. The zero-order valence-electron chi connectivity index (χ0n) is 14.5. The molecular formula is C18H25ClN2O3. The van der Waals surface area contributed by atoms with E-state index < -0.39 is 0 Å². The molecule has 1 aromatic carbocycles. The zero-order valence-corrected chi connectivity index (χ0v) is 15.4. The molecule has 1 amide bonds. The minimum Gasteiger partial charge on any atom is -0.494 e.